The van der Waals surface area contributed by atoms with Gasteiger partial charge in [-0.05, 0) is 127 Å². The van der Waals surface area contributed by atoms with Crippen molar-refractivity contribution in [3.05, 3.63) is 211 Å². The summed E-state index contributed by atoms with van der Waals surface area (Å²) in [5, 5.41) is 0. The van der Waals surface area contributed by atoms with Crippen molar-refractivity contribution in [2.45, 2.75) is 19.3 Å². The van der Waals surface area contributed by atoms with Crippen LogP contribution < -0.4 is 4.90 Å². The first kappa shape index (κ1) is 34.1. The van der Waals surface area contributed by atoms with Crippen molar-refractivity contribution < 1.29 is 13.2 Å². The second kappa shape index (κ2) is 13.6. The highest BCUT2D eigenvalue weighted by Gasteiger charge is 2.39. The first-order chi connectivity index (χ1) is 26.8. The van der Waals surface area contributed by atoms with Gasteiger partial charge in [0, 0.05) is 22.5 Å². The Kier molecular flexibility index (Phi) is 8.47. The molecule has 0 bridgehead atoms. The number of hydrogen-bond acceptors (Lipinski definition) is 1. The molecule has 0 aliphatic heterocycles. The summed E-state index contributed by atoms with van der Waals surface area (Å²) in [6.45, 7) is 4.30. The Morgan fingerprint density at radius 1 is 0.364 bits per heavy atom. The highest BCUT2D eigenvalue weighted by molar-refractivity contribution is 5.94. The lowest BCUT2D eigenvalue weighted by molar-refractivity contribution is 0.447. The molecule has 266 valence electrons. The predicted molar refractivity (Wildman–Crippen MR) is 220 cm³/mol. The zero-order valence-electron chi connectivity index (χ0n) is 30.4. The Hall–Kier alpha value is -6.65. The van der Waals surface area contributed by atoms with E-state index in [0.717, 1.165) is 84.8 Å². The molecule has 0 radical (unpaired) electrons. The van der Waals surface area contributed by atoms with Crippen LogP contribution in [0.15, 0.2) is 182 Å². The first-order valence-electron chi connectivity index (χ1n) is 18.4. The summed E-state index contributed by atoms with van der Waals surface area (Å²) in [5.74, 6) is -3.89. The van der Waals surface area contributed by atoms with Crippen molar-refractivity contribution in [1.82, 2.24) is 0 Å². The topological polar surface area (TPSA) is 3.24 Å². The maximum absolute atomic E-state index is 14.8. The van der Waals surface area contributed by atoms with E-state index in [9.17, 15) is 13.2 Å². The van der Waals surface area contributed by atoms with E-state index in [4.69, 9.17) is 0 Å². The summed E-state index contributed by atoms with van der Waals surface area (Å²) in [6.07, 6.45) is 0. The summed E-state index contributed by atoms with van der Waals surface area (Å²) >= 11 is 0. The van der Waals surface area contributed by atoms with E-state index in [1.165, 1.54) is 0 Å². The normalized spacial score (nSPS) is 12.6. The Labute approximate surface area is 319 Å². The Morgan fingerprint density at radius 3 is 1.27 bits per heavy atom. The average molecular weight is 720 g/mol. The van der Waals surface area contributed by atoms with Gasteiger partial charge in [0.05, 0.1) is 0 Å². The van der Waals surface area contributed by atoms with E-state index >= 15 is 0 Å². The fourth-order valence-corrected chi connectivity index (χ4v) is 8.14. The molecule has 0 amide bonds. The molecule has 0 saturated carbocycles. The minimum absolute atomic E-state index is 0.296. The van der Waals surface area contributed by atoms with Crippen LogP contribution in [0, 0.1) is 17.5 Å². The number of anilines is 3. The molecular formula is C51H36F3N. The number of hydrogen-bond donors (Lipinski definition) is 0. The van der Waals surface area contributed by atoms with Crippen molar-refractivity contribution in [3.63, 3.8) is 0 Å². The summed E-state index contributed by atoms with van der Waals surface area (Å²) in [4.78, 5) is 2.27. The van der Waals surface area contributed by atoms with Gasteiger partial charge in [-0.25, -0.2) is 13.2 Å². The van der Waals surface area contributed by atoms with Crippen molar-refractivity contribution >= 4 is 17.1 Å². The average Bonchev–Trinajstić information content (AvgIpc) is 3.46. The van der Waals surface area contributed by atoms with Crippen LogP contribution in [0.3, 0.4) is 0 Å². The number of fused-ring (bicyclic) bond motifs is 3. The smallest absolute Gasteiger partial charge is 0.194 e. The minimum atomic E-state index is -1.47. The maximum atomic E-state index is 14.8. The van der Waals surface area contributed by atoms with Crippen LogP contribution in [0.1, 0.15) is 25.0 Å². The van der Waals surface area contributed by atoms with E-state index in [1.807, 2.05) is 72.8 Å². The SMILES string of the molecule is CC1(C)c2cc(N(c3ccc(-c4ccccc4)cc3)c3ccc(-c4ccccc4)cc3)ccc2-c2cc(-c3ccccc3)cc(-c3cc(F)c(F)c(F)c3)c21. The highest BCUT2D eigenvalue weighted by Crippen LogP contribution is 2.55. The van der Waals surface area contributed by atoms with E-state index in [-0.39, 0.29) is 0 Å². The highest BCUT2D eigenvalue weighted by atomic mass is 19.2. The third kappa shape index (κ3) is 6.10. The molecule has 8 aromatic carbocycles. The van der Waals surface area contributed by atoms with Gasteiger partial charge in [-0.15, -0.1) is 0 Å². The maximum Gasteiger partial charge on any atom is 0.194 e. The minimum Gasteiger partial charge on any atom is -0.310 e. The van der Waals surface area contributed by atoms with Crippen molar-refractivity contribution in [1.29, 1.82) is 0 Å². The predicted octanol–water partition coefficient (Wildman–Crippen LogP) is 14.5. The molecule has 1 nitrogen and oxygen atoms in total. The van der Waals surface area contributed by atoms with Gasteiger partial charge < -0.3 is 4.90 Å². The fourth-order valence-electron chi connectivity index (χ4n) is 8.14. The summed E-state index contributed by atoms with van der Waals surface area (Å²) in [7, 11) is 0. The van der Waals surface area contributed by atoms with E-state index in [0.29, 0.717) is 11.1 Å². The summed E-state index contributed by atoms with van der Waals surface area (Å²) < 4.78 is 44.0. The third-order valence-electron chi connectivity index (χ3n) is 10.9. The molecule has 8 aromatic rings. The molecule has 0 N–H and O–H groups in total. The van der Waals surface area contributed by atoms with Crippen molar-refractivity contribution in [2.24, 2.45) is 0 Å². The van der Waals surface area contributed by atoms with Crippen molar-refractivity contribution in [2.75, 3.05) is 4.90 Å². The van der Waals surface area contributed by atoms with Gasteiger partial charge in [-0.2, -0.15) is 0 Å². The standard InChI is InChI=1S/C51H36F3N/c1-51(2)46-32-42(26-27-43(46)45-29-38(35-16-10-5-11-17-35)28-44(49(45)51)39-30-47(52)50(54)48(53)31-39)55(40-22-18-36(19-23-40)33-12-6-3-7-13-33)41-24-20-37(21-25-41)34-14-8-4-9-15-34/h3-32H,1-2H3. The van der Waals surface area contributed by atoms with Crippen LogP contribution in [-0.4, -0.2) is 0 Å². The first-order valence-corrected chi connectivity index (χ1v) is 18.4. The molecule has 9 rings (SSSR count). The number of rotatable bonds is 7. The molecule has 0 fully saturated rings. The van der Waals surface area contributed by atoms with Gasteiger partial charge in [0.15, 0.2) is 17.5 Å². The van der Waals surface area contributed by atoms with Crippen LogP contribution in [0.5, 0.6) is 0 Å². The second-order valence-electron chi connectivity index (χ2n) is 14.6. The lowest BCUT2D eigenvalue weighted by atomic mass is 9.78. The third-order valence-corrected chi connectivity index (χ3v) is 10.9. The van der Waals surface area contributed by atoms with Gasteiger partial charge in [0.1, 0.15) is 0 Å². The lowest BCUT2D eigenvalue weighted by Crippen LogP contribution is -2.18. The Bertz CT molecular complexity index is 2560. The van der Waals surface area contributed by atoms with Crippen LogP contribution in [0.4, 0.5) is 30.2 Å². The number of benzene rings is 8. The molecule has 0 heterocycles. The molecule has 0 atom stereocenters. The Balaban J connectivity index is 1.21. The Morgan fingerprint density at radius 2 is 0.782 bits per heavy atom. The molecule has 0 spiro atoms. The van der Waals surface area contributed by atoms with Crippen molar-refractivity contribution in [3.8, 4) is 55.6 Å². The largest absolute Gasteiger partial charge is 0.310 e. The molecule has 0 unspecified atom stereocenters. The lowest BCUT2D eigenvalue weighted by Gasteiger charge is -2.29. The van der Waals surface area contributed by atoms with E-state index in [1.54, 1.807) is 0 Å². The molecule has 0 aromatic heterocycles. The molecule has 1 aliphatic carbocycles. The van der Waals surface area contributed by atoms with Gasteiger partial charge in [0.25, 0.3) is 0 Å². The number of halogens is 3. The fraction of sp³-hybridized carbons (Fsp3) is 0.0588. The summed E-state index contributed by atoms with van der Waals surface area (Å²) in [5.41, 5.74) is 13.9. The molecule has 1 aliphatic rings. The molecule has 4 heteroatoms. The van der Waals surface area contributed by atoms with Crippen LogP contribution >= 0.6 is 0 Å². The molecule has 0 saturated heterocycles. The van der Waals surface area contributed by atoms with Gasteiger partial charge >= 0.3 is 0 Å². The van der Waals surface area contributed by atoms with Crippen LogP contribution in [0.2, 0.25) is 0 Å². The van der Waals surface area contributed by atoms with E-state index < -0.39 is 22.9 Å². The van der Waals surface area contributed by atoms with Crippen LogP contribution in [0.25, 0.3) is 55.6 Å². The quantitative estimate of drug-likeness (QED) is 0.148. The van der Waals surface area contributed by atoms with Crippen LogP contribution in [-0.2, 0) is 5.41 Å². The zero-order chi connectivity index (χ0) is 37.7. The summed E-state index contributed by atoms with van der Waals surface area (Å²) in [6, 6.07) is 60.7. The molecular weight excluding hydrogens is 684 g/mol. The molecule has 55 heavy (non-hydrogen) atoms. The van der Waals surface area contributed by atoms with Gasteiger partial charge in [-0.1, -0.05) is 135 Å². The van der Waals surface area contributed by atoms with Gasteiger partial charge in [0.2, 0.25) is 0 Å². The second-order valence-corrected chi connectivity index (χ2v) is 14.6. The number of nitrogens with zero attached hydrogens (tertiary/aromatic N) is 1. The van der Waals surface area contributed by atoms with Gasteiger partial charge in [-0.3, -0.25) is 0 Å². The van der Waals surface area contributed by atoms with E-state index in [2.05, 4.69) is 116 Å². The monoisotopic (exact) mass is 719 g/mol. The zero-order valence-corrected chi connectivity index (χ0v) is 30.4.